The number of likely N-dealkylation sites (N-methyl/N-ethyl adjacent to an activating group) is 1. The second kappa shape index (κ2) is 4.99. The van der Waals surface area contributed by atoms with Gasteiger partial charge in [0, 0.05) is 0 Å². The predicted octanol–water partition coefficient (Wildman–Crippen LogP) is 1.84. The molecular weight excluding hydrogens is 190 g/mol. The first-order chi connectivity index (χ1) is 7.31. The average Bonchev–Trinajstić information content (AvgIpc) is 2.68. The van der Waals surface area contributed by atoms with Crippen molar-refractivity contribution in [3.63, 3.8) is 0 Å². The highest BCUT2D eigenvalue weighted by Crippen LogP contribution is 2.26. The quantitative estimate of drug-likeness (QED) is 0.772. The summed E-state index contributed by atoms with van der Waals surface area (Å²) in [5.41, 5.74) is 0. The van der Waals surface area contributed by atoms with E-state index in [2.05, 4.69) is 18.3 Å². The molecule has 3 nitrogen and oxygen atoms in total. The van der Waals surface area contributed by atoms with E-state index in [9.17, 15) is 0 Å². The molecular formula is C12H21NO2. The Morgan fingerprint density at radius 1 is 1.47 bits per heavy atom. The largest absolute Gasteiger partial charge is 0.496 e. The first-order valence-corrected chi connectivity index (χ1v) is 5.97. The molecule has 86 valence electrons. The van der Waals surface area contributed by atoms with Crippen molar-refractivity contribution >= 4 is 0 Å². The van der Waals surface area contributed by atoms with Gasteiger partial charge in [0.05, 0.1) is 24.9 Å². The predicted molar refractivity (Wildman–Crippen MR) is 59.7 cm³/mol. The van der Waals surface area contributed by atoms with E-state index in [1.54, 1.807) is 0 Å². The highest BCUT2D eigenvalue weighted by atomic mass is 16.5. The SMILES string of the molecule is CNC(C1=CCCCO1)C1CCC(C)O1. The summed E-state index contributed by atoms with van der Waals surface area (Å²) >= 11 is 0. The molecule has 0 spiro atoms. The van der Waals surface area contributed by atoms with Gasteiger partial charge in [-0.2, -0.15) is 0 Å². The Morgan fingerprint density at radius 2 is 2.33 bits per heavy atom. The monoisotopic (exact) mass is 211 g/mol. The fourth-order valence-corrected chi connectivity index (χ4v) is 2.38. The second-order valence-electron chi connectivity index (χ2n) is 4.43. The van der Waals surface area contributed by atoms with Crippen molar-refractivity contribution in [2.75, 3.05) is 13.7 Å². The van der Waals surface area contributed by atoms with Crippen LogP contribution in [0.5, 0.6) is 0 Å². The number of hydrogen-bond donors (Lipinski definition) is 1. The molecule has 1 fully saturated rings. The molecule has 1 saturated heterocycles. The summed E-state index contributed by atoms with van der Waals surface area (Å²) in [5, 5.41) is 3.32. The molecule has 0 saturated carbocycles. The van der Waals surface area contributed by atoms with E-state index in [0.29, 0.717) is 6.10 Å². The van der Waals surface area contributed by atoms with Gasteiger partial charge < -0.3 is 14.8 Å². The molecule has 0 bridgehead atoms. The highest BCUT2D eigenvalue weighted by Gasteiger charge is 2.32. The summed E-state index contributed by atoms with van der Waals surface area (Å²) in [6, 6.07) is 0.246. The minimum Gasteiger partial charge on any atom is -0.496 e. The van der Waals surface area contributed by atoms with Gasteiger partial charge in [-0.15, -0.1) is 0 Å². The van der Waals surface area contributed by atoms with Crippen LogP contribution in [-0.2, 0) is 9.47 Å². The van der Waals surface area contributed by atoms with Gasteiger partial charge >= 0.3 is 0 Å². The Kier molecular flexibility index (Phi) is 3.65. The smallest absolute Gasteiger partial charge is 0.112 e. The van der Waals surface area contributed by atoms with Crippen LogP contribution >= 0.6 is 0 Å². The first kappa shape index (κ1) is 11.0. The van der Waals surface area contributed by atoms with Crippen molar-refractivity contribution < 1.29 is 9.47 Å². The van der Waals surface area contributed by atoms with Crippen molar-refractivity contribution in [1.82, 2.24) is 5.32 Å². The zero-order valence-electron chi connectivity index (χ0n) is 9.66. The van der Waals surface area contributed by atoms with Crippen LogP contribution in [0.1, 0.15) is 32.6 Å². The lowest BCUT2D eigenvalue weighted by molar-refractivity contribution is 0.0239. The normalized spacial score (nSPS) is 33.3. The summed E-state index contributed by atoms with van der Waals surface area (Å²) in [5.74, 6) is 1.09. The van der Waals surface area contributed by atoms with Crippen LogP contribution in [0.4, 0.5) is 0 Å². The van der Waals surface area contributed by atoms with Crippen molar-refractivity contribution in [2.24, 2.45) is 0 Å². The Hall–Kier alpha value is -0.540. The number of ether oxygens (including phenoxy) is 2. The van der Waals surface area contributed by atoms with E-state index in [4.69, 9.17) is 9.47 Å². The molecule has 0 aliphatic carbocycles. The van der Waals surface area contributed by atoms with E-state index in [1.807, 2.05) is 7.05 Å². The lowest BCUT2D eigenvalue weighted by atomic mass is 10.0. The molecule has 3 heteroatoms. The van der Waals surface area contributed by atoms with E-state index in [0.717, 1.165) is 38.0 Å². The summed E-state index contributed by atoms with van der Waals surface area (Å²) in [6.45, 7) is 3.00. The maximum atomic E-state index is 5.88. The standard InChI is InChI=1S/C12H21NO2/c1-9-6-7-11(15-9)12(13-2)10-5-3-4-8-14-10/h5,9,11-13H,3-4,6-8H2,1-2H3. The Bertz CT molecular complexity index is 240. The lowest BCUT2D eigenvalue weighted by Gasteiger charge is -2.27. The first-order valence-electron chi connectivity index (χ1n) is 5.97. The third-order valence-corrected chi connectivity index (χ3v) is 3.22. The van der Waals surface area contributed by atoms with Gasteiger partial charge in [0.25, 0.3) is 0 Å². The fraction of sp³-hybridized carbons (Fsp3) is 0.833. The van der Waals surface area contributed by atoms with E-state index >= 15 is 0 Å². The molecule has 15 heavy (non-hydrogen) atoms. The lowest BCUT2D eigenvalue weighted by Crippen LogP contribution is -2.40. The summed E-state index contributed by atoms with van der Waals surface area (Å²) in [7, 11) is 1.98. The Labute approximate surface area is 91.8 Å². The molecule has 0 amide bonds. The Balaban J connectivity index is 1.99. The molecule has 0 radical (unpaired) electrons. The van der Waals surface area contributed by atoms with Crippen LogP contribution in [-0.4, -0.2) is 31.9 Å². The summed E-state index contributed by atoms with van der Waals surface area (Å²) in [4.78, 5) is 0. The maximum absolute atomic E-state index is 5.88. The zero-order chi connectivity index (χ0) is 10.7. The topological polar surface area (TPSA) is 30.5 Å². The summed E-state index contributed by atoms with van der Waals surface area (Å²) in [6.07, 6.45) is 7.46. The van der Waals surface area contributed by atoms with Gasteiger partial charge in [0.15, 0.2) is 0 Å². The van der Waals surface area contributed by atoms with Gasteiger partial charge in [-0.3, -0.25) is 0 Å². The van der Waals surface area contributed by atoms with E-state index in [-0.39, 0.29) is 12.1 Å². The molecule has 0 aromatic rings. The molecule has 0 aromatic carbocycles. The van der Waals surface area contributed by atoms with Gasteiger partial charge in [-0.25, -0.2) is 0 Å². The van der Waals surface area contributed by atoms with Crippen LogP contribution in [0.3, 0.4) is 0 Å². The van der Waals surface area contributed by atoms with Crippen molar-refractivity contribution in [2.45, 2.75) is 50.9 Å². The van der Waals surface area contributed by atoms with Crippen LogP contribution in [0.15, 0.2) is 11.8 Å². The van der Waals surface area contributed by atoms with Crippen LogP contribution in [0.25, 0.3) is 0 Å². The van der Waals surface area contributed by atoms with Crippen LogP contribution in [0.2, 0.25) is 0 Å². The molecule has 1 N–H and O–H groups in total. The van der Waals surface area contributed by atoms with Gasteiger partial charge in [-0.05, 0) is 45.7 Å². The highest BCUT2D eigenvalue weighted by molar-refractivity contribution is 5.09. The van der Waals surface area contributed by atoms with Crippen molar-refractivity contribution in [3.05, 3.63) is 11.8 Å². The van der Waals surface area contributed by atoms with E-state index in [1.165, 1.54) is 0 Å². The van der Waals surface area contributed by atoms with Crippen LogP contribution in [0, 0.1) is 0 Å². The molecule has 2 aliphatic heterocycles. The molecule has 2 aliphatic rings. The minimum atomic E-state index is 0.246. The van der Waals surface area contributed by atoms with Gasteiger partial charge in [0.2, 0.25) is 0 Å². The number of rotatable bonds is 3. The number of allylic oxidation sites excluding steroid dienone is 1. The van der Waals surface area contributed by atoms with E-state index < -0.39 is 0 Å². The molecule has 2 heterocycles. The molecule has 3 unspecified atom stereocenters. The molecule has 3 atom stereocenters. The van der Waals surface area contributed by atoms with Gasteiger partial charge in [0.1, 0.15) is 5.76 Å². The minimum absolute atomic E-state index is 0.246. The fourth-order valence-electron chi connectivity index (χ4n) is 2.38. The number of hydrogen-bond acceptors (Lipinski definition) is 3. The van der Waals surface area contributed by atoms with Crippen molar-refractivity contribution in [1.29, 1.82) is 0 Å². The molecule has 2 rings (SSSR count). The third-order valence-electron chi connectivity index (χ3n) is 3.22. The number of nitrogens with one attached hydrogen (secondary N) is 1. The molecule has 0 aromatic heterocycles. The van der Waals surface area contributed by atoms with Crippen LogP contribution < -0.4 is 5.32 Å². The van der Waals surface area contributed by atoms with Gasteiger partial charge in [-0.1, -0.05) is 0 Å². The third kappa shape index (κ3) is 2.52. The second-order valence-corrected chi connectivity index (χ2v) is 4.43. The average molecular weight is 211 g/mol. The summed E-state index contributed by atoms with van der Waals surface area (Å²) < 4.78 is 11.6. The zero-order valence-corrected chi connectivity index (χ0v) is 9.66. The maximum Gasteiger partial charge on any atom is 0.112 e. The Morgan fingerprint density at radius 3 is 2.87 bits per heavy atom. The van der Waals surface area contributed by atoms with Crippen molar-refractivity contribution in [3.8, 4) is 0 Å².